The minimum absolute atomic E-state index is 0.169. The molecule has 8 nitrogen and oxygen atoms in total. The van der Waals surface area contributed by atoms with Crippen molar-refractivity contribution in [2.45, 2.75) is 44.6 Å². The maximum atomic E-state index is 13.0. The van der Waals surface area contributed by atoms with Crippen LogP contribution >= 0.6 is 0 Å². The number of imide groups is 1. The van der Waals surface area contributed by atoms with E-state index in [9.17, 15) is 22.8 Å². The number of rotatable bonds is 6. The van der Waals surface area contributed by atoms with Crippen LogP contribution in [0.15, 0.2) is 53.4 Å². The second-order valence-electron chi connectivity index (χ2n) is 9.32. The molecule has 2 atom stereocenters. The molecule has 180 valence electrons. The van der Waals surface area contributed by atoms with Crippen LogP contribution in [0, 0.1) is 11.8 Å². The summed E-state index contributed by atoms with van der Waals surface area (Å²) >= 11 is 0. The maximum absolute atomic E-state index is 13.0. The fourth-order valence-corrected chi connectivity index (χ4v) is 6.29. The van der Waals surface area contributed by atoms with Crippen molar-refractivity contribution in [3.8, 4) is 0 Å². The van der Waals surface area contributed by atoms with E-state index < -0.39 is 10.0 Å². The first-order valence-electron chi connectivity index (χ1n) is 11.5. The highest BCUT2D eigenvalue weighted by Gasteiger charge is 2.32. The van der Waals surface area contributed by atoms with Crippen molar-refractivity contribution in [2.24, 2.45) is 11.8 Å². The first-order chi connectivity index (χ1) is 16.1. The van der Waals surface area contributed by atoms with E-state index in [0.717, 1.165) is 12.0 Å². The Morgan fingerprint density at radius 1 is 0.912 bits per heavy atom. The molecule has 1 N–H and O–H groups in total. The van der Waals surface area contributed by atoms with Crippen LogP contribution in [0.4, 0.5) is 5.69 Å². The van der Waals surface area contributed by atoms with Crippen molar-refractivity contribution in [2.75, 3.05) is 18.4 Å². The van der Waals surface area contributed by atoms with Gasteiger partial charge in [0, 0.05) is 37.2 Å². The lowest BCUT2D eigenvalue weighted by molar-refractivity contribution is -0.139. The van der Waals surface area contributed by atoms with Crippen molar-refractivity contribution < 1.29 is 22.8 Å². The van der Waals surface area contributed by atoms with Gasteiger partial charge in [-0.25, -0.2) is 8.42 Å². The Hall–Kier alpha value is -3.04. The number of carbonyl (C=O) groups is 3. The van der Waals surface area contributed by atoms with Gasteiger partial charge in [-0.05, 0) is 60.2 Å². The summed E-state index contributed by atoms with van der Waals surface area (Å²) in [5.74, 6) is -0.0753. The topological polar surface area (TPSA) is 104 Å². The molecule has 2 heterocycles. The third-order valence-corrected chi connectivity index (χ3v) is 8.14. The molecule has 2 unspecified atom stereocenters. The maximum Gasteiger partial charge on any atom is 0.255 e. The molecule has 0 saturated carbocycles. The van der Waals surface area contributed by atoms with E-state index in [0.29, 0.717) is 36.2 Å². The molecule has 3 amide bonds. The molecule has 4 rings (SSSR count). The van der Waals surface area contributed by atoms with Crippen LogP contribution in [0.25, 0.3) is 0 Å². The summed E-state index contributed by atoms with van der Waals surface area (Å²) in [5.41, 5.74) is 1.69. The van der Waals surface area contributed by atoms with Gasteiger partial charge in [0.25, 0.3) is 5.91 Å². The average Bonchev–Trinajstić information content (AvgIpc) is 3.12. The van der Waals surface area contributed by atoms with E-state index in [1.165, 1.54) is 33.5 Å². The summed E-state index contributed by atoms with van der Waals surface area (Å²) in [7, 11) is -3.60. The Bertz CT molecular complexity index is 1170. The predicted molar refractivity (Wildman–Crippen MR) is 127 cm³/mol. The molecule has 2 aromatic carbocycles. The van der Waals surface area contributed by atoms with Gasteiger partial charge in [-0.15, -0.1) is 0 Å². The Balaban J connectivity index is 1.39. The van der Waals surface area contributed by atoms with Gasteiger partial charge in [-0.1, -0.05) is 26.0 Å². The zero-order valence-corrected chi connectivity index (χ0v) is 20.2. The number of piperidine rings is 1. The number of likely N-dealkylation sites (tertiary alicyclic amines) is 1. The lowest BCUT2D eigenvalue weighted by Gasteiger charge is -2.34. The Morgan fingerprint density at radius 2 is 1.47 bits per heavy atom. The van der Waals surface area contributed by atoms with Crippen LogP contribution in [-0.4, -0.2) is 48.4 Å². The number of nitrogens with zero attached hydrogens (tertiary/aromatic N) is 2. The van der Waals surface area contributed by atoms with Gasteiger partial charge in [-0.2, -0.15) is 4.31 Å². The van der Waals surface area contributed by atoms with Crippen molar-refractivity contribution in [1.82, 2.24) is 9.21 Å². The van der Waals surface area contributed by atoms with Gasteiger partial charge in [0.15, 0.2) is 0 Å². The Morgan fingerprint density at radius 3 is 2.03 bits per heavy atom. The second-order valence-corrected chi connectivity index (χ2v) is 11.3. The van der Waals surface area contributed by atoms with E-state index in [2.05, 4.69) is 19.2 Å². The summed E-state index contributed by atoms with van der Waals surface area (Å²) in [6, 6.07) is 12.9. The molecule has 34 heavy (non-hydrogen) atoms. The molecule has 0 aliphatic carbocycles. The molecule has 0 aromatic heterocycles. The third kappa shape index (κ3) is 5.20. The lowest BCUT2D eigenvalue weighted by atomic mass is 9.94. The minimum Gasteiger partial charge on any atom is -0.322 e. The van der Waals surface area contributed by atoms with Crippen molar-refractivity contribution in [3.05, 3.63) is 59.7 Å². The highest BCUT2D eigenvalue weighted by atomic mass is 32.2. The van der Waals surface area contributed by atoms with E-state index in [1.54, 1.807) is 24.3 Å². The van der Waals surface area contributed by atoms with Crippen LogP contribution < -0.4 is 5.32 Å². The number of amides is 3. The van der Waals surface area contributed by atoms with Gasteiger partial charge in [0.05, 0.1) is 11.4 Å². The first-order valence-corrected chi connectivity index (χ1v) is 12.9. The third-order valence-electron chi connectivity index (χ3n) is 6.30. The highest BCUT2D eigenvalue weighted by Crippen LogP contribution is 2.27. The van der Waals surface area contributed by atoms with E-state index in [-0.39, 0.29) is 42.0 Å². The molecule has 0 spiro atoms. The number of benzene rings is 2. The largest absolute Gasteiger partial charge is 0.322 e. The molecule has 0 bridgehead atoms. The van der Waals surface area contributed by atoms with Crippen LogP contribution in [0.2, 0.25) is 0 Å². The molecular formula is C25H29N3O5S. The summed E-state index contributed by atoms with van der Waals surface area (Å²) < 4.78 is 27.6. The standard InChI is InChI=1S/C25H29N3O5S/c1-17-13-18(2)15-27(14-17)34(32,33)22-9-5-20(6-10-22)25(31)26-21-7-3-19(4-8-21)16-28-23(29)11-12-24(28)30/h3-10,17-18H,11-16H2,1-2H3,(H,26,31). The quantitative estimate of drug-likeness (QED) is 0.635. The highest BCUT2D eigenvalue weighted by molar-refractivity contribution is 7.89. The number of carbonyl (C=O) groups excluding carboxylic acids is 3. The van der Waals surface area contributed by atoms with Gasteiger partial charge >= 0.3 is 0 Å². The van der Waals surface area contributed by atoms with E-state index >= 15 is 0 Å². The van der Waals surface area contributed by atoms with E-state index in [4.69, 9.17) is 0 Å². The molecule has 9 heteroatoms. The summed E-state index contributed by atoms with van der Waals surface area (Å²) in [4.78, 5) is 37.6. The summed E-state index contributed by atoms with van der Waals surface area (Å²) in [5, 5.41) is 2.78. The monoisotopic (exact) mass is 483 g/mol. The van der Waals surface area contributed by atoms with Gasteiger partial charge in [0.1, 0.15) is 0 Å². The van der Waals surface area contributed by atoms with Gasteiger partial charge in [-0.3, -0.25) is 19.3 Å². The summed E-state index contributed by atoms with van der Waals surface area (Å²) in [6.07, 6.45) is 1.52. The van der Waals surface area contributed by atoms with Crippen LogP contribution in [0.3, 0.4) is 0 Å². The zero-order chi connectivity index (χ0) is 24.5. The van der Waals surface area contributed by atoms with Crippen molar-refractivity contribution >= 4 is 33.4 Å². The van der Waals surface area contributed by atoms with Crippen molar-refractivity contribution in [1.29, 1.82) is 0 Å². The minimum atomic E-state index is -3.60. The predicted octanol–water partition coefficient (Wildman–Crippen LogP) is 3.25. The van der Waals surface area contributed by atoms with Crippen LogP contribution in [-0.2, 0) is 26.2 Å². The average molecular weight is 484 g/mol. The number of nitrogens with one attached hydrogen (secondary N) is 1. The van der Waals surface area contributed by atoms with Crippen LogP contribution in [0.1, 0.15) is 49.0 Å². The second kappa shape index (κ2) is 9.68. The first kappa shape index (κ1) is 24.1. The van der Waals surface area contributed by atoms with Gasteiger partial charge in [0.2, 0.25) is 21.8 Å². The molecular weight excluding hydrogens is 454 g/mol. The van der Waals surface area contributed by atoms with Crippen molar-refractivity contribution in [3.63, 3.8) is 0 Å². The number of hydrogen-bond donors (Lipinski definition) is 1. The SMILES string of the molecule is CC1CC(C)CN(S(=O)(=O)c2ccc(C(=O)Nc3ccc(CN4C(=O)CCC4=O)cc3)cc2)C1. The smallest absolute Gasteiger partial charge is 0.255 e. The Labute approximate surface area is 200 Å². The number of anilines is 1. The molecule has 2 aliphatic heterocycles. The fraction of sp³-hybridized carbons (Fsp3) is 0.400. The number of hydrogen-bond acceptors (Lipinski definition) is 5. The number of sulfonamides is 1. The normalized spacial score (nSPS) is 21.6. The fourth-order valence-electron chi connectivity index (χ4n) is 4.61. The molecule has 2 aliphatic rings. The molecule has 2 aromatic rings. The molecule has 2 saturated heterocycles. The lowest BCUT2D eigenvalue weighted by Crippen LogP contribution is -2.42. The van der Waals surface area contributed by atoms with Crippen LogP contribution in [0.5, 0.6) is 0 Å². The molecule has 2 fully saturated rings. The summed E-state index contributed by atoms with van der Waals surface area (Å²) in [6.45, 7) is 5.35. The van der Waals surface area contributed by atoms with Gasteiger partial charge < -0.3 is 5.32 Å². The molecule has 0 radical (unpaired) electrons. The van der Waals surface area contributed by atoms with E-state index in [1.807, 2.05) is 0 Å². The zero-order valence-electron chi connectivity index (χ0n) is 19.4. The Kier molecular flexibility index (Phi) is 6.86.